The highest BCUT2D eigenvalue weighted by Gasteiger charge is 2.29. The molecule has 0 aliphatic heterocycles. The van der Waals surface area contributed by atoms with Crippen LogP contribution in [0.25, 0.3) is 0 Å². The molecule has 0 spiro atoms. The van der Waals surface area contributed by atoms with Crippen LogP contribution in [0.3, 0.4) is 0 Å². The molecule has 2 rings (SSSR count). The molecular formula is C20H26N2O4S. The van der Waals surface area contributed by atoms with Gasteiger partial charge >= 0.3 is 0 Å². The second kappa shape index (κ2) is 8.43. The topological polar surface area (TPSA) is 75.7 Å². The van der Waals surface area contributed by atoms with Crippen molar-refractivity contribution in [2.75, 3.05) is 22.5 Å². The Balaban J connectivity index is 2.36. The van der Waals surface area contributed by atoms with Gasteiger partial charge in [-0.2, -0.15) is 0 Å². The summed E-state index contributed by atoms with van der Waals surface area (Å²) < 4.78 is 31.5. The first-order valence-electron chi connectivity index (χ1n) is 8.74. The van der Waals surface area contributed by atoms with E-state index in [1.54, 1.807) is 37.3 Å². The molecule has 0 saturated heterocycles. The van der Waals surface area contributed by atoms with E-state index in [1.807, 2.05) is 32.9 Å². The molecule has 1 atom stereocenters. The van der Waals surface area contributed by atoms with E-state index >= 15 is 0 Å². The maximum atomic E-state index is 12.8. The van der Waals surface area contributed by atoms with Gasteiger partial charge in [0.15, 0.2) is 0 Å². The number of rotatable bonds is 7. The second-order valence-electron chi connectivity index (χ2n) is 6.50. The maximum Gasteiger partial charge on any atom is 0.248 e. The van der Waals surface area contributed by atoms with Crippen LogP contribution in [-0.4, -0.2) is 33.2 Å². The molecular weight excluding hydrogens is 364 g/mol. The average Bonchev–Trinajstić information content (AvgIpc) is 2.54. The van der Waals surface area contributed by atoms with E-state index in [0.29, 0.717) is 23.7 Å². The molecule has 1 amide bonds. The van der Waals surface area contributed by atoms with Gasteiger partial charge in [0.25, 0.3) is 0 Å². The third-order valence-corrected chi connectivity index (χ3v) is 5.24. The molecule has 0 saturated carbocycles. The van der Waals surface area contributed by atoms with Crippen molar-refractivity contribution in [2.24, 2.45) is 0 Å². The summed E-state index contributed by atoms with van der Waals surface area (Å²) in [6, 6.07) is 11.6. The largest absolute Gasteiger partial charge is 0.492 e. The Morgan fingerprint density at radius 1 is 1.15 bits per heavy atom. The van der Waals surface area contributed by atoms with Crippen LogP contribution < -0.4 is 14.4 Å². The molecule has 1 N–H and O–H groups in total. The minimum Gasteiger partial charge on any atom is -0.492 e. The van der Waals surface area contributed by atoms with E-state index in [2.05, 4.69) is 5.32 Å². The number of anilines is 2. The van der Waals surface area contributed by atoms with Gasteiger partial charge in [-0.25, -0.2) is 8.42 Å². The summed E-state index contributed by atoms with van der Waals surface area (Å²) in [6.07, 6.45) is 1.10. The number of nitrogens with one attached hydrogen (secondary N) is 1. The summed E-state index contributed by atoms with van der Waals surface area (Å²) in [7, 11) is -3.67. The van der Waals surface area contributed by atoms with Gasteiger partial charge in [0, 0.05) is 0 Å². The Hall–Kier alpha value is -2.54. The second-order valence-corrected chi connectivity index (χ2v) is 8.36. The Kier molecular flexibility index (Phi) is 6.49. The van der Waals surface area contributed by atoms with Gasteiger partial charge in [-0.05, 0) is 63.1 Å². The average molecular weight is 391 g/mol. The molecule has 2 aromatic carbocycles. The van der Waals surface area contributed by atoms with Crippen molar-refractivity contribution in [3.63, 3.8) is 0 Å². The van der Waals surface area contributed by atoms with Crippen LogP contribution in [-0.2, 0) is 14.8 Å². The standard InChI is InChI=1S/C20H26N2O4S/c1-6-26-19-10-8-7-9-18(19)21-20(23)16(4)22(27(5,24)25)17-12-14(2)11-15(3)13-17/h7-13,16H,6H2,1-5H3,(H,21,23)/t16-/m1/s1. The fourth-order valence-corrected chi connectivity index (χ4v) is 4.13. The highest BCUT2D eigenvalue weighted by molar-refractivity contribution is 7.92. The first kappa shape index (κ1) is 20.8. The summed E-state index contributed by atoms with van der Waals surface area (Å²) in [5, 5.41) is 2.78. The van der Waals surface area contributed by atoms with E-state index in [-0.39, 0.29) is 0 Å². The summed E-state index contributed by atoms with van der Waals surface area (Å²) in [6.45, 7) is 7.66. The van der Waals surface area contributed by atoms with Crippen LogP contribution in [0.4, 0.5) is 11.4 Å². The molecule has 0 fully saturated rings. The lowest BCUT2D eigenvalue weighted by molar-refractivity contribution is -0.116. The highest BCUT2D eigenvalue weighted by Crippen LogP contribution is 2.27. The quantitative estimate of drug-likeness (QED) is 0.785. The van der Waals surface area contributed by atoms with Gasteiger partial charge in [-0.15, -0.1) is 0 Å². The molecule has 7 heteroatoms. The van der Waals surface area contributed by atoms with Crippen LogP contribution in [0.5, 0.6) is 5.75 Å². The summed E-state index contributed by atoms with van der Waals surface area (Å²) in [5.74, 6) is 0.101. The first-order valence-corrected chi connectivity index (χ1v) is 10.6. The van der Waals surface area contributed by atoms with Crippen LogP contribution in [0, 0.1) is 13.8 Å². The van der Waals surface area contributed by atoms with Gasteiger partial charge in [0.1, 0.15) is 11.8 Å². The molecule has 0 unspecified atom stereocenters. The number of amides is 1. The molecule has 0 aromatic heterocycles. The molecule has 0 bridgehead atoms. The summed E-state index contributed by atoms with van der Waals surface area (Å²) in [5.41, 5.74) is 2.82. The van der Waals surface area contributed by atoms with Gasteiger partial charge < -0.3 is 10.1 Å². The Labute approximate surface area is 161 Å². The highest BCUT2D eigenvalue weighted by atomic mass is 32.2. The zero-order chi connectivity index (χ0) is 20.2. The Morgan fingerprint density at radius 2 is 1.74 bits per heavy atom. The van der Waals surface area contributed by atoms with E-state index in [1.165, 1.54) is 0 Å². The van der Waals surface area contributed by atoms with Crippen LogP contribution in [0.15, 0.2) is 42.5 Å². The summed E-state index contributed by atoms with van der Waals surface area (Å²) >= 11 is 0. The van der Waals surface area contributed by atoms with Gasteiger partial charge in [0.2, 0.25) is 15.9 Å². The molecule has 146 valence electrons. The SMILES string of the molecule is CCOc1ccccc1NC(=O)[C@@H](C)N(c1cc(C)cc(C)c1)S(C)(=O)=O. The lowest BCUT2D eigenvalue weighted by Crippen LogP contribution is -2.45. The third kappa shape index (κ3) is 5.23. The predicted molar refractivity (Wildman–Crippen MR) is 109 cm³/mol. The van der Waals surface area contributed by atoms with Crippen molar-refractivity contribution in [1.29, 1.82) is 0 Å². The van der Waals surface area contributed by atoms with Crippen molar-refractivity contribution < 1.29 is 17.9 Å². The molecule has 27 heavy (non-hydrogen) atoms. The Bertz CT molecular complexity index is 905. The number of hydrogen-bond donors (Lipinski definition) is 1. The van der Waals surface area contributed by atoms with Gasteiger partial charge in [-0.3, -0.25) is 9.10 Å². The normalized spacial score (nSPS) is 12.3. The van der Waals surface area contributed by atoms with Gasteiger partial charge in [-0.1, -0.05) is 18.2 Å². The van der Waals surface area contributed by atoms with Crippen molar-refractivity contribution in [2.45, 2.75) is 33.7 Å². The van der Waals surface area contributed by atoms with E-state index in [9.17, 15) is 13.2 Å². The van der Waals surface area contributed by atoms with Crippen molar-refractivity contribution in [1.82, 2.24) is 0 Å². The molecule has 0 aliphatic carbocycles. The molecule has 0 aliphatic rings. The zero-order valence-electron chi connectivity index (χ0n) is 16.3. The first-order chi connectivity index (χ1) is 12.6. The number of ether oxygens (including phenoxy) is 1. The van der Waals surface area contributed by atoms with Crippen LogP contribution >= 0.6 is 0 Å². The number of aryl methyl sites for hydroxylation is 2. The Morgan fingerprint density at radius 3 is 2.30 bits per heavy atom. The number of nitrogens with zero attached hydrogens (tertiary/aromatic N) is 1. The van der Waals surface area contributed by atoms with Crippen LogP contribution in [0.1, 0.15) is 25.0 Å². The van der Waals surface area contributed by atoms with E-state index < -0.39 is 22.0 Å². The minimum atomic E-state index is -3.67. The van der Waals surface area contributed by atoms with Crippen molar-refractivity contribution in [3.05, 3.63) is 53.6 Å². The molecule has 6 nitrogen and oxygen atoms in total. The molecule has 0 heterocycles. The van der Waals surface area contributed by atoms with Crippen molar-refractivity contribution >= 4 is 27.3 Å². The maximum absolute atomic E-state index is 12.8. The fraction of sp³-hybridized carbons (Fsp3) is 0.350. The monoisotopic (exact) mass is 390 g/mol. The van der Waals surface area contributed by atoms with Crippen molar-refractivity contribution in [3.8, 4) is 5.75 Å². The minimum absolute atomic E-state index is 0.438. The number of sulfonamides is 1. The van der Waals surface area contributed by atoms with Gasteiger partial charge in [0.05, 0.1) is 24.2 Å². The summed E-state index contributed by atoms with van der Waals surface area (Å²) in [4.78, 5) is 12.8. The van der Waals surface area contributed by atoms with E-state index in [0.717, 1.165) is 21.7 Å². The number of carbonyl (C=O) groups excluding carboxylic acids is 1. The zero-order valence-corrected chi connectivity index (χ0v) is 17.1. The van der Waals surface area contributed by atoms with E-state index in [4.69, 9.17) is 4.74 Å². The number of benzene rings is 2. The number of para-hydroxylation sites is 2. The lowest BCUT2D eigenvalue weighted by Gasteiger charge is -2.29. The molecule has 0 radical (unpaired) electrons. The smallest absolute Gasteiger partial charge is 0.248 e. The van der Waals surface area contributed by atoms with Crippen LogP contribution in [0.2, 0.25) is 0 Å². The predicted octanol–water partition coefficient (Wildman–Crippen LogP) is 3.50. The molecule has 2 aromatic rings. The number of hydrogen-bond acceptors (Lipinski definition) is 4. The fourth-order valence-electron chi connectivity index (χ4n) is 2.98. The third-order valence-electron chi connectivity index (χ3n) is 3.99. The number of carbonyl (C=O) groups is 1. The lowest BCUT2D eigenvalue weighted by atomic mass is 10.1.